The smallest absolute Gasteiger partial charge is 0.253 e. The van der Waals surface area contributed by atoms with Crippen LogP contribution in [0.25, 0.3) is 0 Å². The quantitative estimate of drug-likeness (QED) is 0.729. The molecule has 0 heterocycles. The summed E-state index contributed by atoms with van der Waals surface area (Å²) in [6, 6.07) is 6.91. The Labute approximate surface area is 118 Å². The number of benzene rings is 1. The Balaban J connectivity index is 2.71. The molecule has 0 radical (unpaired) electrons. The Kier molecular flexibility index (Phi) is 6.14. The molecule has 1 aromatic carbocycles. The minimum absolute atomic E-state index is 0.152. The fourth-order valence-corrected chi connectivity index (χ4v) is 1.40. The molecule has 1 aromatic rings. The second-order valence-corrected chi connectivity index (χ2v) is 4.57. The summed E-state index contributed by atoms with van der Waals surface area (Å²) in [6.07, 6.45) is -0.537. The Morgan fingerprint density at radius 2 is 1.75 bits per heavy atom. The topological polar surface area (TPSA) is 93.5 Å². The van der Waals surface area contributed by atoms with Gasteiger partial charge in [-0.25, -0.2) is 0 Å². The van der Waals surface area contributed by atoms with Crippen LogP contribution in [0.3, 0.4) is 0 Å². The highest BCUT2D eigenvalue weighted by Crippen LogP contribution is 2.16. The van der Waals surface area contributed by atoms with Crippen LogP contribution < -0.4 is 16.4 Å². The fourth-order valence-electron chi connectivity index (χ4n) is 1.40. The van der Waals surface area contributed by atoms with Crippen LogP contribution in [0.15, 0.2) is 24.3 Å². The van der Waals surface area contributed by atoms with Crippen molar-refractivity contribution in [2.24, 2.45) is 11.7 Å². The van der Waals surface area contributed by atoms with Crippen LogP contribution in [0.5, 0.6) is 0 Å². The molecule has 0 saturated carbocycles. The average molecular weight is 279 g/mol. The highest BCUT2D eigenvalue weighted by molar-refractivity contribution is 5.96. The van der Waals surface area contributed by atoms with Crippen molar-refractivity contribution in [2.45, 2.75) is 20.0 Å². The van der Waals surface area contributed by atoms with Crippen molar-refractivity contribution in [1.29, 1.82) is 0 Å². The molecule has 4 N–H and O–H groups in total. The molecule has 2 amide bonds. The summed E-state index contributed by atoms with van der Waals surface area (Å²) in [5, 5.41) is 5.46. The number of anilines is 2. The third-order valence-electron chi connectivity index (χ3n) is 2.92. The summed E-state index contributed by atoms with van der Waals surface area (Å²) in [7, 11) is 1.47. The summed E-state index contributed by atoms with van der Waals surface area (Å²) in [5.41, 5.74) is 6.64. The maximum atomic E-state index is 11.7. The van der Waals surface area contributed by atoms with Crippen molar-refractivity contribution in [1.82, 2.24) is 0 Å². The van der Waals surface area contributed by atoms with Gasteiger partial charge < -0.3 is 21.1 Å². The lowest BCUT2D eigenvalue weighted by Crippen LogP contribution is -2.27. The van der Waals surface area contributed by atoms with Crippen LogP contribution in [0.1, 0.15) is 13.8 Å². The molecule has 1 rings (SSSR count). The third kappa shape index (κ3) is 4.64. The van der Waals surface area contributed by atoms with Crippen molar-refractivity contribution in [3.8, 4) is 0 Å². The molecule has 0 aliphatic rings. The lowest BCUT2D eigenvalue weighted by Gasteiger charge is -2.13. The molecule has 0 fully saturated rings. The Bertz CT molecular complexity index is 437. The lowest BCUT2D eigenvalue weighted by molar-refractivity contribution is -0.124. The van der Waals surface area contributed by atoms with Crippen LogP contribution in [0.2, 0.25) is 0 Å². The zero-order valence-electron chi connectivity index (χ0n) is 12.0. The van der Waals surface area contributed by atoms with Crippen LogP contribution in [0, 0.1) is 5.92 Å². The maximum Gasteiger partial charge on any atom is 0.253 e. The Morgan fingerprint density at radius 1 is 1.20 bits per heavy atom. The summed E-state index contributed by atoms with van der Waals surface area (Å²) in [4.78, 5) is 23.4. The van der Waals surface area contributed by atoms with E-state index in [1.807, 2.05) is 0 Å². The van der Waals surface area contributed by atoms with Gasteiger partial charge in [-0.2, -0.15) is 0 Å². The molecule has 6 heteroatoms. The summed E-state index contributed by atoms with van der Waals surface area (Å²) in [5.74, 6) is -0.658. The molecule has 20 heavy (non-hydrogen) atoms. The van der Waals surface area contributed by atoms with Crippen LogP contribution >= 0.6 is 0 Å². The van der Waals surface area contributed by atoms with E-state index in [4.69, 9.17) is 10.5 Å². The maximum absolute atomic E-state index is 11.7. The molecule has 110 valence electrons. The number of amides is 2. The molecule has 0 aromatic heterocycles. The van der Waals surface area contributed by atoms with Gasteiger partial charge in [0.25, 0.3) is 5.91 Å². The minimum atomic E-state index is -0.537. The second kappa shape index (κ2) is 7.62. The first-order valence-electron chi connectivity index (χ1n) is 6.42. The predicted molar refractivity (Wildman–Crippen MR) is 78.4 cm³/mol. The number of carbonyl (C=O) groups excluding carboxylic acids is 2. The normalized spacial score (nSPS) is 13.4. The van der Waals surface area contributed by atoms with E-state index >= 15 is 0 Å². The van der Waals surface area contributed by atoms with E-state index in [1.165, 1.54) is 7.11 Å². The van der Waals surface area contributed by atoms with E-state index in [2.05, 4.69) is 10.6 Å². The number of hydrogen-bond donors (Lipinski definition) is 3. The van der Waals surface area contributed by atoms with Gasteiger partial charge in [0.15, 0.2) is 0 Å². The number of hydrogen-bond acceptors (Lipinski definition) is 4. The van der Waals surface area contributed by atoms with Crippen molar-refractivity contribution in [2.75, 3.05) is 24.3 Å². The van der Waals surface area contributed by atoms with Gasteiger partial charge in [-0.1, -0.05) is 13.0 Å². The molecule has 6 nitrogen and oxygen atoms in total. The van der Waals surface area contributed by atoms with Gasteiger partial charge in [0, 0.05) is 30.9 Å². The average Bonchev–Trinajstić information content (AvgIpc) is 2.45. The number of carbonyl (C=O) groups is 2. The van der Waals surface area contributed by atoms with Gasteiger partial charge in [0.05, 0.1) is 0 Å². The standard InChI is InChI=1S/C14H21N3O3/c1-9(8-15)13(18)16-11-5-4-6-12(7-11)17-14(19)10(2)20-3/h4-7,9-10H,8,15H2,1-3H3,(H,16,18)(H,17,19). The van der Waals surface area contributed by atoms with E-state index in [0.717, 1.165) is 0 Å². The van der Waals surface area contributed by atoms with Gasteiger partial charge in [0.1, 0.15) is 6.10 Å². The molecule has 0 aliphatic carbocycles. The zero-order valence-corrected chi connectivity index (χ0v) is 12.0. The fraction of sp³-hybridized carbons (Fsp3) is 0.429. The van der Waals surface area contributed by atoms with Gasteiger partial charge in [0.2, 0.25) is 5.91 Å². The van der Waals surface area contributed by atoms with Crippen molar-refractivity contribution < 1.29 is 14.3 Å². The van der Waals surface area contributed by atoms with E-state index in [9.17, 15) is 9.59 Å². The van der Waals surface area contributed by atoms with Crippen LogP contribution in [-0.2, 0) is 14.3 Å². The van der Waals surface area contributed by atoms with E-state index in [0.29, 0.717) is 11.4 Å². The Morgan fingerprint density at radius 3 is 2.25 bits per heavy atom. The highest BCUT2D eigenvalue weighted by Gasteiger charge is 2.13. The lowest BCUT2D eigenvalue weighted by atomic mass is 10.1. The van der Waals surface area contributed by atoms with Gasteiger partial charge >= 0.3 is 0 Å². The SMILES string of the molecule is COC(C)C(=O)Nc1cccc(NC(=O)C(C)CN)c1. The first-order valence-corrected chi connectivity index (χ1v) is 6.42. The number of nitrogens with one attached hydrogen (secondary N) is 2. The van der Waals surface area contributed by atoms with Gasteiger partial charge in [-0.15, -0.1) is 0 Å². The van der Waals surface area contributed by atoms with Gasteiger partial charge in [-0.05, 0) is 25.1 Å². The molecule has 0 spiro atoms. The minimum Gasteiger partial charge on any atom is -0.372 e. The molecule has 0 aliphatic heterocycles. The van der Waals surface area contributed by atoms with Crippen LogP contribution in [0.4, 0.5) is 11.4 Å². The van der Waals surface area contributed by atoms with E-state index < -0.39 is 6.10 Å². The molecule has 0 saturated heterocycles. The number of rotatable bonds is 6. The number of methoxy groups -OCH3 is 1. The van der Waals surface area contributed by atoms with E-state index in [1.54, 1.807) is 38.1 Å². The van der Waals surface area contributed by atoms with Crippen LogP contribution in [-0.4, -0.2) is 31.6 Å². The molecular formula is C14H21N3O3. The largest absolute Gasteiger partial charge is 0.372 e. The molecule has 0 bridgehead atoms. The predicted octanol–water partition coefficient (Wildman–Crippen LogP) is 1.19. The summed E-state index contributed by atoms with van der Waals surface area (Å²) >= 11 is 0. The molecule has 2 unspecified atom stereocenters. The van der Waals surface area contributed by atoms with Crippen molar-refractivity contribution in [3.63, 3.8) is 0 Å². The number of ether oxygens (including phenoxy) is 1. The monoisotopic (exact) mass is 279 g/mol. The third-order valence-corrected chi connectivity index (χ3v) is 2.92. The second-order valence-electron chi connectivity index (χ2n) is 4.57. The molecule has 2 atom stereocenters. The first kappa shape index (κ1) is 16.1. The summed E-state index contributed by atoms with van der Waals surface area (Å²) in [6.45, 7) is 3.69. The first-order chi connectivity index (χ1) is 9.47. The zero-order chi connectivity index (χ0) is 15.1. The number of nitrogens with two attached hydrogens (primary N) is 1. The van der Waals surface area contributed by atoms with E-state index in [-0.39, 0.29) is 24.3 Å². The Hall–Kier alpha value is -1.92. The van der Waals surface area contributed by atoms with Gasteiger partial charge in [-0.3, -0.25) is 9.59 Å². The van der Waals surface area contributed by atoms with Crippen molar-refractivity contribution >= 4 is 23.2 Å². The molecular weight excluding hydrogens is 258 g/mol. The summed E-state index contributed by atoms with van der Waals surface area (Å²) < 4.78 is 4.93. The van der Waals surface area contributed by atoms with Crippen molar-refractivity contribution in [3.05, 3.63) is 24.3 Å². The highest BCUT2D eigenvalue weighted by atomic mass is 16.5.